The molecule has 0 spiro atoms. The van der Waals surface area contributed by atoms with Gasteiger partial charge in [0.05, 0.1) is 16.1 Å². The number of fused-ring (bicyclic) bond motifs is 1. The molecule has 14 heteroatoms. The maximum atomic E-state index is 13.8. The summed E-state index contributed by atoms with van der Waals surface area (Å²) in [4.78, 5) is 15.1. The second-order valence-electron chi connectivity index (χ2n) is 10.6. The second-order valence-corrected chi connectivity index (χ2v) is 12.5. The first-order valence-corrected chi connectivity index (χ1v) is 15.1. The maximum absolute atomic E-state index is 13.8. The normalized spacial score (nSPS) is 16.3. The molecule has 0 atom stereocenters. The van der Waals surface area contributed by atoms with Crippen molar-refractivity contribution in [2.45, 2.75) is 36.7 Å². The average molecular weight is 605 g/mol. The number of likely N-dealkylation sites (N-methyl/N-ethyl adjacent to an activating group) is 1. The van der Waals surface area contributed by atoms with Crippen LogP contribution in [0.25, 0.3) is 0 Å². The molecule has 5 rings (SSSR count). The zero-order valence-corrected chi connectivity index (χ0v) is 24.3. The standard InChI is InChI=1S/C28H34F2N6O5S/c1-35(2)9-12-41-21-3-4-23(26(16-21)31-20-6-10-40-11-7-20)28(37)32-27-24-17-36(8-5-25(24)33-34-27)42(38,39)22-14-18(29)13-19(30)15-22/h3-4,13-16,20,31H,5-12,17H2,1-2H3,(H2,32,33,34,37). The van der Waals surface area contributed by atoms with Crippen LogP contribution in [0.1, 0.15) is 34.5 Å². The van der Waals surface area contributed by atoms with Crippen LogP contribution in [-0.4, -0.2) is 86.8 Å². The highest BCUT2D eigenvalue weighted by molar-refractivity contribution is 7.89. The molecule has 42 heavy (non-hydrogen) atoms. The van der Waals surface area contributed by atoms with Crippen LogP contribution >= 0.6 is 0 Å². The Morgan fingerprint density at radius 1 is 1.17 bits per heavy atom. The third kappa shape index (κ3) is 6.89. The third-order valence-corrected chi connectivity index (χ3v) is 9.05. The van der Waals surface area contributed by atoms with Gasteiger partial charge < -0.3 is 25.0 Å². The first-order valence-electron chi connectivity index (χ1n) is 13.7. The van der Waals surface area contributed by atoms with Crippen molar-refractivity contribution in [1.82, 2.24) is 19.4 Å². The van der Waals surface area contributed by atoms with E-state index in [1.165, 1.54) is 0 Å². The number of nitrogens with zero attached hydrogens (tertiary/aromatic N) is 3. The average Bonchev–Trinajstić information content (AvgIpc) is 3.35. The lowest BCUT2D eigenvalue weighted by Gasteiger charge is -2.27. The number of rotatable bonds is 10. The zero-order valence-electron chi connectivity index (χ0n) is 23.5. The molecule has 2 aliphatic heterocycles. The van der Waals surface area contributed by atoms with Crippen molar-refractivity contribution in [3.05, 3.63) is 64.9 Å². The minimum atomic E-state index is -4.20. The SMILES string of the molecule is CN(C)CCOc1ccc(C(=O)Nc2n[nH]c3c2CN(S(=O)(=O)c2cc(F)cc(F)c2)CC3)c(NC2CCOCC2)c1. The van der Waals surface area contributed by atoms with Crippen LogP contribution in [0.2, 0.25) is 0 Å². The number of hydrogen-bond acceptors (Lipinski definition) is 8. The van der Waals surface area contributed by atoms with Gasteiger partial charge in [0.2, 0.25) is 10.0 Å². The van der Waals surface area contributed by atoms with E-state index in [0.29, 0.717) is 54.1 Å². The van der Waals surface area contributed by atoms with Gasteiger partial charge in [-0.25, -0.2) is 17.2 Å². The number of carbonyl (C=O) groups excluding carboxylic acids is 1. The number of carbonyl (C=O) groups is 1. The van der Waals surface area contributed by atoms with Crippen LogP contribution in [-0.2, 0) is 27.7 Å². The number of halogens is 2. The fraction of sp³-hybridized carbons (Fsp3) is 0.429. The van der Waals surface area contributed by atoms with Crippen LogP contribution in [0.5, 0.6) is 5.75 Å². The number of benzene rings is 2. The fourth-order valence-electron chi connectivity index (χ4n) is 4.92. The van der Waals surface area contributed by atoms with Crippen LogP contribution in [0.3, 0.4) is 0 Å². The lowest BCUT2D eigenvalue weighted by atomic mass is 10.1. The van der Waals surface area contributed by atoms with E-state index in [9.17, 15) is 22.0 Å². The van der Waals surface area contributed by atoms with Crippen LogP contribution in [0.15, 0.2) is 41.3 Å². The van der Waals surface area contributed by atoms with E-state index in [0.717, 1.165) is 35.8 Å². The van der Waals surface area contributed by atoms with Gasteiger partial charge in [-0.05, 0) is 51.2 Å². The second kappa shape index (κ2) is 12.7. The van der Waals surface area contributed by atoms with Crippen molar-refractivity contribution in [3.63, 3.8) is 0 Å². The first-order chi connectivity index (χ1) is 20.1. The molecule has 0 aliphatic carbocycles. The first kappa shape index (κ1) is 29.9. The van der Waals surface area contributed by atoms with Crippen molar-refractivity contribution in [1.29, 1.82) is 0 Å². The van der Waals surface area contributed by atoms with Gasteiger partial charge in [-0.15, -0.1) is 0 Å². The van der Waals surface area contributed by atoms with Gasteiger partial charge in [0.1, 0.15) is 24.0 Å². The van der Waals surface area contributed by atoms with E-state index in [1.807, 2.05) is 19.0 Å². The van der Waals surface area contributed by atoms with E-state index in [1.54, 1.807) is 18.2 Å². The lowest BCUT2D eigenvalue weighted by molar-refractivity contribution is 0.0904. The van der Waals surface area contributed by atoms with Crippen molar-refractivity contribution in [2.24, 2.45) is 0 Å². The largest absolute Gasteiger partial charge is 0.492 e. The van der Waals surface area contributed by atoms with Crippen molar-refractivity contribution in [3.8, 4) is 5.75 Å². The Balaban J connectivity index is 1.36. The number of anilines is 2. The summed E-state index contributed by atoms with van der Waals surface area (Å²) in [7, 11) is -0.290. The van der Waals surface area contributed by atoms with Gasteiger partial charge in [0.15, 0.2) is 5.82 Å². The molecule has 11 nitrogen and oxygen atoms in total. The Labute approximate surface area is 243 Å². The van der Waals surface area contributed by atoms with Gasteiger partial charge in [0, 0.05) is 68.7 Å². The van der Waals surface area contributed by atoms with E-state index in [-0.39, 0.29) is 31.4 Å². The number of hydrogen-bond donors (Lipinski definition) is 3. The van der Waals surface area contributed by atoms with Crippen LogP contribution < -0.4 is 15.4 Å². The van der Waals surface area contributed by atoms with Gasteiger partial charge in [0.25, 0.3) is 5.91 Å². The molecule has 226 valence electrons. The Bertz CT molecular complexity index is 1520. The van der Waals surface area contributed by atoms with Crippen molar-refractivity contribution < 1.29 is 31.5 Å². The molecule has 0 radical (unpaired) electrons. The van der Waals surface area contributed by atoms with E-state index >= 15 is 0 Å². The van der Waals surface area contributed by atoms with E-state index < -0.39 is 32.5 Å². The molecule has 0 unspecified atom stereocenters. The number of H-pyrrole nitrogens is 1. The summed E-state index contributed by atoms with van der Waals surface area (Å²) in [5.41, 5.74) is 2.13. The maximum Gasteiger partial charge on any atom is 0.258 e. The molecule has 3 N–H and O–H groups in total. The number of nitrogens with one attached hydrogen (secondary N) is 3. The molecule has 0 saturated carbocycles. The smallest absolute Gasteiger partial charge is 0.258 e. The monoisotopic (exact) mass is 604 g/mol. The summed E-state index contributed by atoms with van der Waals surface area (Å²) >= 11 is 0. The lowest BCUT2D eigenvalue weighted by Crippen LogP contribution is -2.36. The molecule has 1 aromatic heterocycles. The molecule has 3 aromatic rings. The van der Waals surface area contributed by atoms with E-state index in [2.05, 4.69) is 20.8 Å². The number of aromatic nitrogens is 2. The molecular formula is C28H34F2N6O5S. The summed E-state index contributed by atoms with van der Waals surface area (Å²) in [5.74, 6) is -1.60. The third-order valence-electron chi connectivity index (χ3n) is 7.23. The Morgan fingerprint density at radius 2 is 1.90 bits per heavy atom. The highest BCUT2D eigenvalue weighted by atomic mass is 32.2. The molecule has 0 bridgehead atoms. The minimum Gasteiger partial charge on any atom is -0.492 e. The molecule has 1 fully saturated rings. The predicted octanol–water partition coefficient (Wildman–Crippen LogP) is 3.22. The molecule has 2 aromatic carbocycles. The molecule has 3 heterocycles. The van der Waals surface area contributed by atoms with Crippen molar-refractivity contribution >= 4 is 27.4 Å². The van der Waals surface area contributed by atoms with Gasteiger partial charge >= 0.3 is 0 Å². The number of aromatic amines is 1. The summed E-state index contributed by atoms with van der Waals surface area (Å²) in [6, 6.07) is 7.51. The molecule has 1 saturated heterocycles. The van der Waals surface area contributed by atoms with Gasteiger partial charge in [-0.2, -0.15) is 9.40 Å². The summed E-state index contributed by atoms with van der Waals surface area (Å²) in [5, 5.41) is 13.4. The number of ether oxygens (including phenoxy) is 2. The molecular weight excluding hydrogens is 570 g/mol. The van der Waals surface area contributed by atoms with Gasteiger partial charge in [-0.1, -0.05) is 0 Å². The minimum absolute atomic E-state index is 0.0809. The quantitative estimate of drug-likeness (QED) is 0.322. The highest BCUT2D eigenvalue weighted by Gasteiger charge is 2.32. The zero-order chi connectivity index (χ0) is 29.9. The summed E-state index contributed by atoms with van der Waals surface area (Å²) in [6.07, 6.45) is 1.86. The van der Waals surface area contributed by atoms with Gasteiger partial charge in [-0.3, -0.25) is 9.89 Å². The topological polar surface area (TPSA) is 129 Å². The Hall–Kier alpha value is -3.59. The predicted molar refractivity (Wildman–Crippen MR) is 152 cm³/mol. The number of amides is 1. The molecule has 1 amide bonds. The van der Waals surface area contributed by atoms with E-state index in [4.69, 9.17) is 9.47 Å². The fourth-order valence-corrected chi connectivity index (χ4v) is 6.37. The summed E-state index contributed by atoms with van der Waals surface area (Å²) in [6.45, 7) is 2.41. The van der Waals surface area contributed by atoms with Crippen molar-refractivity contribution in [2.75, 3.05) is 57.6 Å². The van der Waals surface area contributed by atoms with Crippen LogP contribution in [0.4, 0.5) is 20.3 Å². The summed E-state index contributed by atoms with van der Waals surface area (Å²) < 4.78 is 66.4. The Morgan fingerprint density at radius 3 is 2.62 bits per heavy atom. The Kier molecular flexibility index (Phi) is 9.06. The number of sulfonamides is 1. The highest BCUT2D eigenvalue weighted by Crippen LogP contribution is 2.31. The van der Waals surface area contributed by atoms with Crippen LogP contribution in [0, 0.1) is 11.6 Å². The molecule has 2 aliphatic rings.